The van der Waals surface area contributed by atoms with E-state index in [0.29, 0.717) is 0 Å². The van der Waals surface area contributed by atoms with Gasteiger partial charge in [0.15, 0.2) is 0 Å². The molecule has 0 bridgehead atoms. The summed E-state index contributed by atoms with van der Waals surface area (Å²) in [5.41, 5.74) is 10.2. The number of rotatable bonds is 5. The number of nitrogens with two attached hydrogens (primary N) is 1. The Labute approximate surface area is 136 Å². The zero-order valence-electron chi connectivity index (χ0n) is 12.8. The summed E-state index contributed by atoms with van der Waals surface area (Å²) in [6.07, 6.45) is 0.950. The average molecular weight is 320 g/mol. The summed E-state index contributed by atoms with van der Waals surface area (Å²) in [4.78, 5) is 1.30. The fourth-order valence-corrected chi connectivity index (χ4v) is 3.81. The van der Waals surface area contributed by atoms with Gasteiger partial charge in [-0.1, -0.05) is 48.4 Å². The van der Waals surface area contributed by atoms with Crippen LogP contribution in [0, 0.1) is 13.8 Å². The van der Waals surface area contributed by atoms with Crippen molar-refractivity contribution >= 4 is 23.4 Å². The average Bonchev–Trinajstić information content (AvgIpc) is 2.48. The predicted octanol–water partition coefficient (Wildman–Crippen LogP) is 5.53. The van der Waals surface area contributed by atoms with Gasteiger partial charge >= 0.3 is 0 Å². The minimum absolute atomic E-state index is 0.121. The minimum atomic E-state index is 0.121. The molecule has 2 unspecified atom stereocenters. The van der Waals surface area contributed by atoms with E-state index in [0.717, 1.165) is 11.4 Å². The first kappa shape index (κ1) is 16.4. The van der Waals surface area contributed by atoms with Crippen molar-refractivity contribution in [3.8, 4) is 0 Å². The lowest BCUT2D eigenvalue weighted by Crippen LogP contribution is -2.25. The van der Waals surface area contributed by atoms with E-state index in [9.17, 15) is 0 Å². The number of aryl methyl sites for hydroxylation is 2. The van der Waals surface area contributed by atoms with Gasteiger partial charge in [-0.15, -0.1) is 11.8 Å². The van der Waals surface area contributed by atoms with Gasteiger partial charge in [-0.2, -0.15) is 0 Å². The maximum atomic E-state index is 6.37. The summed E-state index contributed by atoms with van der Waals surface area (Å²) < 4.78 is 0. The highest BCUT2D eigenvalue weighted by Gasteiger charge is 2.20. The molecular weight excluding hydrogens is 298 g/mol. The third kappa shape index (κ3) is 4.26. The predicted molar refractivity (Wildman–Crippen MR) is 94.2 cm³/mol. The van der Waals surface area contributed by atoms with E-state index >= 15 is 0 Å². The molecule has 0 saturated carbocycles. The second kappa shape index (κ2) is 7.35. The van der Waals surface area contributed by atoms with Gasteiger partial charge in [-0.3, -0.25) is 0 Å². The molecule has 0 aliphatic rings. The largest absolute Gasteiger partial charge is 0.326 e. The molecule has 3 heteroatoms. The number of halogens is 1. The van der Waals surface area contributed by atoms with Crippen LogP contribution in [0.15, 0.2) is 47.4 Å². The summed E-state index contributed by atoms with van der Waals surface area (Å²) in [6.45, 7) is 6.41. The molecule has 0 aromatic heterocycles. The van der Waals surface area contributed by atoms with Crippen LogP contribution in [0.5, 0.6) is 0 Å². The molecule has 0 radical (unpaired) electrons. The molecule has 2 N–H and O–H groups in total. The Morgan fingerprint density at radius 2 is 1.76 bits per heavy atom. The molecule has 0 aliphatic heterocycles. The van der Waals surface area contributed by atoms with Gasteiger partial charge in [0.1, 0.15) is 0 Å². The van der Waals surface area contributed by atoms with Crippen molar-refractivity contribution in [1.82, 2.24) is 0 Å². The first-order chi connectivity index (χ1) is 10.0. The molecule has 2 aromatic rings. The van der Waals surface area contributed by atoms with Crippen LogP contribution in [0.2, 0.25) is 5.02 Å². The van der Waals surface area contributed by atoms with Crippen LogP contribution in [0.25, 0.3) is 0 Å². The summed E-state index contributed by atoms with van der Waals surface area (Å²) in [5.74, 6) is 0. The van der Waals surface area contributed by atoms with Crippen molar-refractivity contribution in [1.29, 1.82) is 0 Å². The van der Waals surface area contributed by atoms with Gasteiger partial charge in [0.2, 0.25) is 0 Å². The molecule has 2 rings (SSSR count). The second-order valence-electron chi connectivity index (χ2n) is 5.43. The van der Waals surface area contributed by atoms with E-state index < -0.39 is 0 Å². The van der Waals surface area contributed by atoms with Gasteiger partial charge in [-0.05, 0) is 49.6 Å². The first-order valence-electron chi connectivity index (χ1n) is 7.26. The third-order valence-corrected chi connectivity index (χ3v) is 5.48. The Kier molecular flexibility index (Phi) is 5.74. The van der Waals surface area contributed by atoms with Crippen molar-refractivity contribution in [3.63, 3.8) is 0 Å². The van der Waals surface area contributed by atoms with Crippen LogP contribution >= 0.6 is 23.4 Å². The van der Waals surface area contributed by atoms with Crippen molar-refractivity contribution < 1.29 is 0 Å². The third-order valence-electron chi connectivity index (χ3n) is 3.66. The normalized spacial score (nSPS) is 14.0. The fraction of sp³-hybridized carbons (Fsp3) is 0.333. The fourth-order valence-electron chi connectivity index (χ4n) is 2.24. The maximum absolute atomic E-state index is 6.37. The Morgan fingerprint density at radius 3 is 2.38 bits per heavy atom. The highest BCUT2D eigenvalue weighted by atomic mass is 35.5. The molecule has 2 atom stereocenters. The van der Waals surface area contributed by atoms with Crippen LogP contribution in [-0.2, 0) is 0 Å². The molecule has 21 heavy (non-hydrogen) atoms. The monoisotopic (exact) mass is 319 g/mol. The molecule has 2 aromatic carbocycles. The molecule has 0 heterocycles. The van der Waals surface area contributed by atoms with Crippen LogP contribution < -0.4 is 5.73 Å². The Balaban J connectivity index is 2.32. The van der Waals surface area contributed by atoms with E-state index in [4.69, 9.17) is 17.3 Å². The van der Waals surface area contributed by atoms with Gasteiger partial charge < -0.3 is 5.73 Å². The summed E-state index contributed by atoms with van der Waals surface area (Å²) in [7, 11) is 0. The second-order valence-corrected chi connectivity index (χ2v) is 7.05. The van der Waals surface area contributed by atoms with E-state index in [1.165, 1.54) is 21.6 Å². The van der Waals surface area contributed by atoms with Crippen molar-refractivity contribution in [2.45, 2.75) is 43.4 Å². The zero-order chi connectivity index (χ0) is 15.4. The Bertz CT molecular complexity index is 595. The molecule has 1 nitrogen and oxygen atoms in total. The number of benzene rings is 2. The van der Waals surface area contributed by atoms with E-state index in [2.05, 4.69) is 51.1 Å². The van der Waals surface area contributed by atoms with E-state index in [-0.39, 0.29) is 11.3 Å². The van der Waals surface area contributed by atoms with Crippen LogP contribution in [0.3, 0.4) is 0 Å². The Hall–Kier alpha value is -0.960. The standard InChI is InChI=1S/C18H22ClNS/c1-4-16(20)18(14-7-9-15(19)10-8-14)21-17-11-12(2)5-6-13(17)3/h5-11,16,18H,4,20H2,1-3H3. The first-order valence-corrected chi connectivity index (χ1v) is 8.52. The number of hydrogen-bond donors (Lipinski definition) is 1. The zero-order valence-corrected chi connectivity index (χ0v) is 14.3. The smallest absolute Gasteiger partial charge is 0.0495 e. The van der Waals surface area contributed by atoms with E-state index in [1.807, 2.05) is 23.9 Å². The SMILES string of the molecule is CCC(N)C(Sc1cc(C)ccc1C)c1ccc(Cl)cc1. The Morgan fingerprint density at radius 1 is 1.10 bits per heavy atom. The lowest BCUT2D eigenvalue weighted by Gasteiger charge is -2.24. The lowest BCUT2D eigenvalue weighted by atomic mass is 10.0. The van der Waals surface area contributed by atoms with Gasteiger partial charge in [0, 0.05) is 21.2 Å². The van der Waals surface area contributed by atoms with Crippen molar-refractivity contribution in [3.05, 3.63) is 64.2 Å². The van der Waals surface area contributed by atoms with Crippen molar-refractivity contribution in [2.24, 2.45) is 5.73 Å². The molecule has 0 amide bonds. The highest BCUT2D eigenvalue weighted by molar-refractivity contribution is 7.99. The molecule has 0 aliphatic carbocycles. The molecule has 112 valence electrons. The summed E-state index contributed by atoms with van der Waals surface area (Å²) >= 11 is 7.85. The van der Waals surface area contributed by atoms with Crippen LogP contribution in [0.1, 0.15) is 35.3 Å². The molecule has 0 fully saturated rings. The van der Waals surface area contributed by atoms with Gasteiger partial charge in [0.25, 0.3) is 0 Å². The summed E-state index contributed by atoms with van der Waals surface area (Å²) in [5, 5.41) is 1.01. The molecular formula is C18H22ClNS. The topological polar surface area (TPSA) is 26.0 Å². The lowest BCUT2D eigenvalue weighted by molar-refractivity contribution is 0.634. The summed E-state index contributed by atoms with van der Waals surface area (Å²) in [6, 6.07) is 14.7. The quantitative estimate of drug-likeness (QED) is 0.733. The van der Waals surface area contributed by atoms with Gasteiger partial charge in [-0.25, -0.2) is 0 Å². The van der Waals surface area contributed by atoms with E-state index in [1.54, 1.807) is 0 Å². The molecule has 0 spiro atoms. The van der Waals surface area contributed by atoms with Crippen molar-refractivity contribution in [2.75, 3.05) is 0 Å². The number of thioether (sulfide) groups is 1. The maximum Gasteiger partial charge on any atom is 0.0495 e. The van der Waals surface area contributed by atoms with Crippen LogP contribution in [0.4, 0.5) is 0 Å². The number of hydrogen-bond acceptors (Lipinski definition) is 2. The highest BCUT2D eigenvalue weighted by Crippen LogP contribution is 2.40. The minimum Gasteiger partial charge on any atom is -0.326 e. The van der Waals surface area contributed by atoms with Gasteiger partial charge in [0.05, 0.1) is 0 Å². The van der Waals surface area contributed by atoms with Crippen LogP contribution in [-0.4, -0.2) is 6.04 Å². The molecule has 0 saturated heterocycles.